The summed E-state index contributed by atoms with van der Waals surface area (Å²) in [6.45, 7) is 0.674. The van der Waals surface area contributed by atoms with E-state index in [0.29, 0.717) is 6.54 Å². The van der Waals surface area contributed by atoms with E-state index in [0.717, 1.165) is 0 Å². The molecule has 1 nitrogen and oxygen atoms in total. The van der Waals surface area contributed by atoms with Crippen molar-refractivity contribution in [3.8, 4) is 0 Å². The van der Waals surface area contributed by atoms with Gasteiger partial charge < -0.3 is 5.73 Å². The van der Waals surface area contributed by atoms with E-state index >= 15 is 0 Å². The number of nitrogens with two attached hydrogens (primary N) is 1. The SMILES string of the molecule is NCc1ccc2c(c1)CCCCC2. The fourth-order valence-electron chi connectivity index (χ4n) is 2.09. The summed E-state index contributed by atoms with van der Waals surface area (Å²) in [5, 5.41) is 0. The van der Waals surface area contributed by atoms with Crippen LogP contribution in [0.1, 0.15) is 36.0 Å². The second kappa shape index (κ2) is 3.93. The van der Waals surface area contributed by atoms with Gasteiger partial charge in [0.2, 0.25) is 0 Å². The predicted octanol–water partition coefficient (Wildman–Crippen LogP) is 2.41. The van der Waals surface area contributed by atoms with Crippen LogP contribution in [0.3, 0.4) is 0 Å². The number of rotatable bonds is 1. The molecule has 0 atom stereocenters. The van der Waals surface area contributed by atoms with Gasteiger partial charge in [0.15, 0.2) is 0 Å². The lowest BCUT2D eigenvalue weighted by atomic mass is 10.0. The minimum Gasteiger partial charge on any atom is -0.326 e. The van der Waals surface area contributed by atoms with Crippen molar-refractivity contribution in [1.82, 2.24) is 0 Å². The van der Waals surface area contributed by atoms with E-state index in [1.807, 2.05) is 0 Å². The molecule has 2 N–H and O–H groups in total. The average Bonchev–Trinajstić information content (AvgIpc) is 2.41. The van der Waals surface area contributed by atoms with E-state index in [1.54, 1.807) is 11.1 Å². The summed E-state index contributed by atoms with van der Waals surface area (Å²) in [6, 6.07) is 6.73. The topological polar surface area (TPSA) is 26.0 Å². The van der Waals surface area contributed by atoms with Gasteiger partial charge in [-0.25, -0.2) is 0 Å². The van der Waals surface area contributed by atoms with E-state index < -0.39 is 0 Å². The van der Waals surface area contributed by atoms with Crippen molar-refractivity contribution in [2.45, 2.75) is 38.6 Å². The standard InChI is InChI=1S/C12H17N/c13-9-10-6-7-11-4-2-1-3-5-12(11)8-10/h6-8H,1-5,9,13H2. The van der Waals surface area contributed by atoms with Gasteiger partial charge in [0.05, 0.1) is 0 Å². The van der Waals surface area contributed by atoms with E-state index in [-0.39, 0.29) is 0 Å². The fourth-order valence-corrected chi connectivity index (χ4v) is 2.09. The van der Waals surface area contributed by atoms with Gasteiger partial charge in [-0.15, -0.1) is 0 Å². The van der Waals surface area contributed by atoms with Crippen molar-refractivity contribution < 1.29 is 0 Å². The van der Waals surface area contributed by atoms with Crippen molar-refractivity contribution in [3.05, 3.63) is 34.9 Å². The molecule has 13 heavy (non-hydrogen) atoms. The Kier molecular flexibility index (Phi) is 2.65. The maximum atomic E-state index is 5.62. The van der Waals surface area contributed by atoms with Crippen molar-refractivity contribution in [3.63, 3.8) is 0 Å². The monoisotopic (exact) mass is 175 g/mol. The first-order chi connectivity index (χ1) is 6.40. The van der Waals surface area contributed by atoms with Gasteiger partial charge in [0.1, 0.15) is 0 Å². The molecule has 1 aliphatic rings. The highest BCUT2D eigenvalue weighted by Crippen LogP contribution is 2.21. The van der Waals surface area contributed by atoms with Gasteiger partial charge >= 0.3 is 0 Å². The lowest BCUT2D eigenvalue weighted by Gasteiger charge is -2.06. The first-order valence-electron chi connectivity index (χ1n) is 5.21. The second-order valence-corrected chi connectivity index (χ2v) is 3.87. The molecule has 0 bridgehead atoms. The van der Waals surface area contributed by atoms with Crippen LogP contribution in [0.25, 0.3) is 0 Å². The Morgan fingerprint density at radius 2 is 1.77 bits per heavy atom. The van der Waals surface area contributed by atoms with Gasteiger partial charge in [-0.05, 0) is 42.4 Å². The van der Waals surface area contributed by atoms with Crippen LogP contribution in [0.2, 0.25) is 0 Å². The molecule has 2 rings (SSSR count). The fraction of sp³-hybridized carbons (Fsp3) is 0.500. The molecule has 0 radical (unpaired) electrons. The molecule has 0 saturated heterocycles. The number of hydrogen-bond acceptors (Lipinski definition) is 1. The Morgan fingerprint density at radius 3 is 2.54 bits per heavy atom. The Labute approximate surface area is 80.0 Å². The summed E-state index contributed by atoms with van der Waals surface area (Å²) >= 11 is 0. The molecule has 0 spiro atoms. The smallest absolute Gasteiger partial charge is 0.0178 e. The van der Waals surface area contributed by atoms with E-state index in [2.05, 4.69) is 18.2 Å². The third-order valence-corrected chi connectivity index (χ3v) is 2.90. The largest absolute Gasteiger partial charge is 0.326 e. The van der Waals surface area contributed by atoms with E-state index in [1.165, 1.54) is 37.7 Å². The molecule has 0 aromatic heterocycles. The number of aryl methyl sites for hydroxylation is 2. The molecule has 1 aliphatic carbocycles. The quantitative estimate of drug-likeness (QED) is 0.652. The molecule has 0 aliphatic heterocycles. The molecular weight excluding hydrogens is 158 g/mol. The summed E-state index contributed by atoms with van der Waals surface area (Å²) < 4.78 is 0. The highest BCUT2D eigenvalue weighted by Gasteiger charge is 2.07. The summed E-state index contributed by atoms with van der Waals surface area (Å²) in [7, 11) is 0. The van der Waals surface area contributed by atoms with E-state index in [9.17, 15) is 0 Å². The molecule has 70 valence electrons. The highest BCUT2D eigenvalue weighted by molar-refractivity contribution is 5.33. The molecule has 0 heterocycles. The van der Waals surface area contributed by atoms with Gasteiger partial charge in [-0.2, -0.15) is 0 Å². The van der Waals surface area contributed by atoms with Gasteiger partial charge in [0, 0.05) is 6.54 Å². The summed E-state index contributed by atoms with van der Waals surface area (Å²) in [4.78, 5) is 0. The molecular formula is C12H17N. The summed E-state index contributed by atoms with van der Waals surface area (Å²) in [5.41, 5.74) is 9.99. The Morgan fingerprint density at radius 1 is 1.00 bits per heavy atom. The molecule has 1 aromatic rings. The summed E-state index contributed by atoms with van der Waals surface area (Å²) in [6.07, 6.45) is 6.60. The number of benzene rings is 1. The third-order valence-electron chi connectivity index (χ3n) is 2.90. The zero-order valence-electron chi connectivity index (χ0n) is 8.05. The average molecular weight is 175 g/mol. The van der Waals surface area contributed by atoms with Gasteiger partial charge in [-0.1, -0.05) is 24.6 Å². The molecule has 1 aromatic carbocycles. The van der Waals surface area contributed by atoms with Crippen molar-refractivity contribution in [2.24, 2.45) is 5.73 Å². The number of hydrogen-bond donors (Lipinski definition) is 1. The molecule has 0 unspecified atom stereocenters. The van der Waals surface area contributed by atoms with E-state index in [4.69, 9.17) is 5.73 Å². The second-order valence-electron chi connectivity index (χ2n) is 3.87. The van der Waals surface area contributed by atoms with Crippen LogP contribution in [-0.4, -0.2) is 0 Å². The summed E-state index contributed by atoms with van der Waals surface area (Å²) in [5.74, 6) is 0. The lowest BCUT2D eigenvalue weighted by Crippen LogP contribution is -1.99. The maximum Gasteiger partial charge on any atom is 0.0178 e. The van der Waals surface area contributed by atoms with Crippen molar-refractivity contribution >= 4 is 0 Å². The highest BCUT2D eigenvalue weighted by atomic mass is 14.5. The molecule has 0 amide bonds. The molecule has 0 saturated carbocycles. The Bertz CT molecular complexity index is 291. The van der Waals surface area contributed by atoms with Crippen LogP contribution >= 0.6 is 0 Å². The maximum absolute atomic E-state index is 5.62. The lowest BCUT2D eigenvalue weighted by molar-refractivity contribution is 0.711. The Balaban J connectivity index is 2.32. The van der Waals surface area contributed by atoms with Crippen LogP contribution in [0.5, 0.6) is 0 Å². The minimum absolute atomic E-state index is 0.674. The first kappa shape index (κ1) is 8.76. The first-order valence-corrected chi connectivity index (χ1v) is 5.21. The van der Waals surface area contributed by atoms with Crippen LogP contribution in [0.15, 0.2) is 18.2 Å². The third kappa shape index (κ3) is 1.92. The van der Waals surface area contributed by atoms with Crippen molar-refractivity contribution in [2.75, 3.05) is 0 Å². The van der Waals surface area contributed by atoms with Crippen LogP contribution in [0, 0.1) is 0 Å². The zero-order chi connectivity index (χ0) is 9.10. The number of fused-ring (bicyclic) bond motifs is 1. The Hall–Kier alpha value is -0.820. The normalized spacial score (nSPS) is 16.4. The van der Waals surface area contributed by atoms with Gasteiger partial charge in [0.25, 0.3) is 0 Å². The molecule has 0 fully saturated rings. The zero-order valence-corrected chi connectivity index (χ0v) is 8.05. The minimum atomic E-state index is 0.674. The van der Waals surface area contributed by atoms with Crippen LogP contribution < -0.4 is 5.73 Å². The van der Waals surface area contributed by atoms with Gasteiger partial charge in [-0.3, -0.25) is 0 Å². The predicted molar refractivity (Wildman–Crippen MR) is 55.6 cm³/mol. The molecule has 1 heteroatoms. The van der Waals surface area contributed by atoms with Crippen LogP contribution in [-0.2, 0) is 19.4 Å². The van der Waals surface area contributed by atoms with Crippen molar-refractivity contribution in [1.29, 1.82) is 0 Å². The van der Waals surface area contributed by atoms with Crippen LogP contribution in [0.4, 0.5) is 0 Å².